The van der Waals surface area contributed by atoms with Crippen LogP contribution in [0.2, 0.25) is 0 Å². The van der Waals surface area contributed by atoms with E-state index in [0.717, 1.165) is 15.3 Å². The highest BCUT2D eigenvalue weighted by Crippen LogP contribution is 2.22. The summed E-state index contributed by atoms with van der Waals surface area (Å²) in [6, 6.07) is 23.4. The van der Waals surface area contributed by atoms with Gasteiger partial charge in [0.1, 0.15) is 0 Å². The van der Waals surface area contributed by atoms with Crippen molar-refractivity contribution in [2.24, 2.45) is 0 Å². The molecule has 0 aliphatic rings. The van der Waals surface area contributed by atoms with E-state index in [0.29, 0.717) is 18.7 Å². The number of hydrogen-bond acceptors (Lipinski definition) is 5. The van der Waals surface area contributed by atoms with Crippen molar-refractivity contribution < 1.29 is 13.2 Å². The molecule has 0 aliphatic carbocycles. The van der Waals surface area contributed by atoms with Gasteiger partial charge in [0.15, 0.2) is 9.84 Å². The molecule has 4 nitrogen and oxygen atoms in total. The molecule has 2 aromatic heterocycles. The predicted octanol–water partition coefficient (Wildman–Crippen LogP) is 5.63. The Morgan fingerprint density at radius 2 is 1.42 bits per heavy atom. The Kier molecular flexibility index (Phi) is 6.65. The number of benzene rings is 2. The van der Waals surface area contributed by atoms with E-state index in [-0.39, 0.29) is 16.6 Å². The maximum Gasteiger partial charge on any atom is 0.254 e. The summed E-state index contributed by atoms with van der Waals surface area (Å²) in [5, 5.41) is 3.97. The summed E-state index contributed by atoms with van der Waals surface area (Å²) in [6.45, 7) is 0.963. The second-order valence-electron chi connectivity index (χ2n) is 7.09. The first-order valence-electron chi connectivity index (χ1n) is 9.72. The van der Waals surface area contributed by atoms with Crippen LogP contribution in [0.25, 0.3) is 0 Å². The zero-order valence-electron chi connectivity index (χ0n) is 16.7. The maximum absolute atomic E-state index is 13.4. The second-order valence-corrected chi connectivity index (χ2v) is 11.1. The van der Waals surface area contributed by atoms with Crippen molar-refractivity contribution in [3.8, 4) is 0 Å². The second kappa shape index (κ2) is 9.60. The molecular weight excluding hydrogens is 446 g/mol. The van der Waals surface area contributed by atoms with E-state index in [1.54, 1.807) is 57.9 Å². The third-order valence-corrected chi connectivity index (χ3v) is 8.19. The van der Waals surface area contributed by atoms with Gasteiger partial charge < -0.3 is 4.90 Å². The van der Waals surface area contributed by atoms with Crippen LogP contribution in [0.4, 0.5) is 0 Å². The molecule has 0 saturated carbocycles. The van der Waals surface area contributed by atoms with Gasteiger partial charge in [0.2, 0.25) is 0 Å². The number of hydrogen-bond donors (Lipinski definition) is 0. The Balaban J connectivity index is 1.60. The third kappa shape index (κ3) is 5.50. The highest BCUT2D eigenvalue weighted by molar-refractivity contribution is 7.90. The van der Waals surface area contributed by atoms with Gasteiger partial charge in [0.25, 0.3) is 5.91 Å². The lowest BCUT2D eigenvalue weighted by Crippen LogP contribution is -2.29. The molecule has 2 heterocycles. The minimum absolute atomic E-state index is 0.0976. The third-order valence-electron chi connectivity index (χ3n) is 4.78. The molecule has 2 aromatic carbocycles. The molecule has 158 valence electrons. The fraction of sp³-hybridized carbons (Fsp3) is 0.125. The lowest BCUT2D eigenvalue weighted by Gasteiger charge is -2.22. The van der Waals surface area contributed by atoms with Crippen LogP contribution in [0, 0.1) is 0 Å². The number of amides is 1. The van der Waals surface area contributed by atoms with Gasteiger partial charge in [-0.05, 0) is 46.7 Å². The summed E-state index contributed by atoms with van der Waals surface area (Å²) in [7, 11) is -3.56. The van der Waals surface area contributed by atoms with Crippen molar-refractivity contribution in [2.75, 3.05) is 0 Å². The van der Waals surface area contributed by atoms with Crippen molar-refractivity contribution >= 4 is 38.4 Å². The van der Waals surface area contributed by atoms with Crippen LogP contribution >= 0.6 is 22.7 Å². The molecule has 0 unspecified atom stereocenters. The highest BCUT2D eigenvalue weighted by Gasteiger charge is 2.21. The predicted molar refractivity (Wildman–Crippen MR) is 126 cm³/mol. The quantitative estimate of drug-likeness (QED) is 0.338. The molecule has 31 heavy (non-hydrogen) atoms. The molecular formula is C24H21NO3S3. The Labute approximate surface area is 190 Å². The number of thiophene rings is 2. The van der Waals surface area contributed by atoms with Crippen LogP contribution in [0.15, 0.2) is 94.5 Å². The Bertz CT molecular complexity index is 1200. The van der Waals surface area contributed by atoms with Crippen LogP contribution in [0.5, 0.6) is 0 Å². The van der Waals surface area contributed by atoms with Gasteiger partial charge in [-0.3, -0.25) is 4.79 Å². The number of rotatable bonds is 8. The van der Waals surface area contributed by atoms with Crippen LogP contribution in [0.3, 0.4) is 0 Å². The zero-order chi connectivity index (χ0) is 21.7. The molecule has 0 aliphatic heterocycles. The molecule has 7 heteroatoms. The summed E-state index contributed by atoms with van der Waals surface area (Å²) >= 11 is 3.20. The van der Waals surface area contributed by atoms with Crippen molar-refractivity contribution in [1.29, 1.82) is 0 Å². The summed E-state index contributed by atoms with van der Waals surface area (Å²) in [5.74, 6) is -0.280. The summed E-state index contributed by atoms with van der Waals surface area (Å²) in [5.41, 5.74) is 1.10. The van der Waals surface area contributed by atoms with Gasteiger partial charge in [-0.25, -0.2) is 8.42 Å². The monoisotopic (exact) mass is 467 g/mol. The number of sulfone groups is 1. The maximum atomic E-state index is 13.4. The molecule has 0 atom stereocenters. The highest BCUT2D eigenvalue weighted by atomic mass is 32.2. The van der Waals surface area contributed by atoms with E-state index in [1.807, 2.05) is 53.2 Å². The van der Waals surface area contributed by atoms with E-state index >= 15 is 0 Å². The lowest BCUT2D eigenvalue weighted by molar-refractivity contribution is 0.0733. The van der Waals surface area contributed by atoms with Gasteiger partial charge in [-0.1, -0.05) is 48.5 Å². The van der Waals surface area contributed by atoms with Gasteiger partial charge in [0.05, 0.1) is 23.7 Å². The molecule has 1 amide bonds. The first-order valence-corrected chi connectivity index (χ1v) is 13.1. The Morgan fingerprint density at radius 1 is 0.774 bits per heavy atom. The van der Waals surface area contributed by atoms with Crippen LogP contribution in [0.1, 0.15) is 25.7 Å². The van der Waals surface area contributed by atoms with Gasteiger partial charge in [-0.2, -0.15) is 0 Å². The summed E-state index contributed by atoms with van der Waals surface area (Å²) < 4.78 is 25.9. The minimum Gasteiger partial charge on any atom is -0.328 e. The zero-order valence-corrected chi connectivity index (χ0v) is 19.1. The smallest absolute Gasteiger partial charge is 0.254 e. The van der Waals surface area contributed by atoms with E-state index in [9.17, 15) is 13.2 Å². The molecule has 4 aromatic rings. The van der Waals surface area contributed by atoms with Crippen LogP contribution < -0.4 is 0 Å². The SMILES string of the molecule is O=C(c1cccc(S(=O)(=O)Cc2ccccc2)c1)N(Cc1cccs1)Cc1cccs1. The molecule has 0 fully saturated rings. The van der Waals surface area contributed by atoms with Crippen molar-refractivity contribution in [2.45, 2.75) is 23.7 Å². The number of carbonyl (C=O) groups excluding carboxylic acids is 1. The molecule has 0 saturated heterocycles. The largest absolute Gasteiger partial charge is 0.328 e. The van der Waals surface area contributed by atoms with Crippen LogP contribution in [-0.2, 0) is 28.7 Å². The Hall–Kier alpha value is -2.74. The van der Waals surface area contributed by atoms with Crippen LogP contribution in [-0.4, -0.2) is 19.2 Å². The van der Waals surface area contributed by atoms with Gasteiger partial charge >= 0.3 is 0 Å². The van der Waals surface area contributed by atoms with Gasteiger partial charge in [0, 0.05) is 15.3 Å². The average molecular weight is 468 g/mol. The molecule has 0 spiro atoms. The molecule has 0 radical (unpaired) electrons. The molecule has 0 N–H and O–H groups in total. The Morgan fingerprint density at radius 3 is 2.00 bits per heavy atom. The fourth-order valence-electron chi connectivity index (χ4n) is 3.26. The van der Waals surface area contributed by atoms with E-state index in [2.05, 4.69) is 0 Å². The van der Waals surface area contributed by atoms with Crippen molar-refractivity contribution in [3.63, 3.8) is 0 Å². The van der Waals surface area contributed by atoms with Gasteiger partial charge in [-0.15, -0.1) is 22.7 Å². The topological polar surface area (TPSA) is 54.5 Å². The molecule has 0 bridgehead atoms. The summed E-state index contributed by atoms with van der Waals surface area (Å²) in [4.78, 5) is 17.5. The van der Waals surface area contributed by atoms with Crippen molar-refractivity contribution in [1.82, 2.24) is 4.90 Å². The average Bonchev–Trinajstić information content (AvgIpc) is 3.48. The minimum atomic E-state index is -3.56. The number of nitrogens with zero attached hydrogens (tertiary/aromatic N) is 1. The first-order chi connectivity index (χ1) is 15.0. The normalized spacial score (nSPS) is 11.4. The number of carbonyl (C=O) groups is 1. The van der Waals surface area contributed by atoms with E-state index in [4.69, 9.17) is 0 Å². The summed E-state index contributed by atoms with van der Waals surface area (Å²) in [6.07, 6.45) is 0. The molecule has 4 rings (SSSR count). The van der Waals surface area contributed by atoms with E-state index < -0.39 is 9.84 Å². The van der Waals surface area contributed by atoms with Crippen molar-refractivity contribution in [3.05, 3.63) is 111 Å². The standard InChI is InChI=1S/C24H21NO3S3/c26-24(25(16-21-10-5-13-29-21)17-22-11-6-14-30-22)20-9-4-12-23(15-20)31(27,28)18-19-7-2-1-3-8-19/h1-15H,16-18H2. The first kappa shape index (κ1) is 21.5. The lowest BCUT2D eigenvalue weighted by atomic mass is 10.2. The van der Waals surface area contributed by atoms with E-state index in [1.165, 1.54) is 6.07 Å². The fourth-order valence-corrected chi connectivity index (χ4v) is 6.09.